The first kappa shape index (κ1) is 68.7. The van der Waals surface area contributed by atoms with Crippen LogP contribution in [-0.4, -0.2) is 111 Å². The van der Waals surface area contributed by atoms with Crippen molar-refractivity contribution in [1.82, 2.24) is 0 Å². The normalized spacial score (nSPS) is 13.4. The van der Waals surface area contributed by atoms with Gasteiger partial charge in [0.05, 0.1) is 0 Å². The fourth-order valence-electron chi connectivity index (χ4n) is 0. The molecule has 0 saturated heterocycles. The van der Waals surface area contributed by atoms with Crippen LogP contribution in [0.3, 0.4) is 0 Å². The topological polar surface area (TPSA) is 343 Å². The van der Waals surface area contributed by atoms with E-state index in [0.29, 0.717) is 0 Å². The largest absolute Gasteiger partial charge is 3.00 e. The molecule has 0 bridgehead atoms. The minimum Gasteiger partial charge on any atom is -0.741 e. The molecule has 0 amide bonds. The van der Waals surface area contributed by atoms with Gasteiger partial charge in [-0.25, -0.2) is 50.5 Å². The quantitative estimate of drug-likeness (QED) is 0.179. The Morgan fingerprint density at radius 1 is 0.220 bits per heavy atom. The summed E-state index contributed by atoms with van der Waals surface area (Å²) in [6.07, 6.45) is 0. The first-order valence-corrected chi connectivity index (χ1v) is 16.1. The second-order valence-electron chi connectivity index (χ2n) is 5.40. The third-order valence-electron chi connectivity index (χ3n) is 1.70. The molecule has 0 unspecified atom stereocenters. The second kappa shape index (κ2) is 22.3. The molecule has 18 nitrogen and oxygen atoms in total. The van der Waals surface area contributed by atoms with E-state index in [-0.39, 0.29) is 73.7 Å². The Morgan fingerprint density at radius 2 is 0.240 bits per heavy atom. The zero-order valence-electron chi connectivity index (χ0n) is 20.2. The summed E-state index contributed by atoms with van der Waals surface area (Å²) in [6, 6.07) is 0. The molecule has 0 aliphatic heterocycles. The molecule has 0 rings (SSSR count). The molecule has 0 N–H and O–H groups in total. The van der Waals surface area contributed by atoms with Crippen molar-refractivity contribution >= 4 is 60.7 Å². The molecule has 50 heavy (non-hydrogen) atoms. The predicted octanol–water partition coefficient (Wildman–Crippen LogP) is 0.308. The van der Waals surface area contributed by atoms with Gasteiger partial charge in [0.15, 0.2) is 60.7 Å². The van der Waals surface area contributed by atoms with Crippen molar-refractivity contribution in [2.24, 2.45) is 0 Å². The summed E-state index contributed by atoms with van der Waals surface area (Å²) in [5, 5.41) is 0. The van der Waals surface area contributed by atoms with Crippen LogP contribution in [0.4, 0.5) is 79.0 Å². The number of hydrogen-bond acceptors (Lipinski definition) is 18. The molecule has 0 aromatic rings. The van der Waals surface area contributed by atoms with E-state index in [0.717, 1.165) is 0 Å². The minimum atomic E-state index is -6.09. The summed E-state index contributed by atoms with van der Waals surface area (Å²) in [7, 11) is -36.5. The van der Waals surface area contributed by atoms with Gasteiger partial charge in [0.25, 0.3) is 0 Å². The van der Waals surface area contributed by atoms with Crippen molar-refractivity contribution in [3.8, 4) is 0 Å². The zero-order chi connectivity index (χ0) is 42.0. The zero-order valence-corrected chi connectivity index (χ0v) is 28.6. The van der Waals surface area contributed by atoms with E-state index in [1.807, 2.05) is 0 Å². The Labute approximate surface area is 321 Å². The van der Waals surface area contributed by atoms with E-state index in [9.17, 15) is 79.0 Å². The van der Waals surface area contributed by atoms with E-state index >= 15 is 0 Å². The van der Waals surface area contributed by atoms with Gasteiger partial charge in [-0.05, 0) is 0 Å². The van der Waals surface area contributed by atoms with Gasteiger partial charge in [-0.2, -0.15) is 79.0 Å². The average Bonchev–Trinajstić information content (AvgIpc) is 2.60. The molecular weight excluding hydrogens is 1230 g/mol. The van der Waals surface area contributed by atoms with Crippen molar-refractivity contribution in [2.45, 2.75) is 33.0 Å². The van der Waals surface area contributed by atoms with E-state index in [1.165, 1.54) is 0 Å². The van der Waals surface area contributed by atoms with Crippen molar-refractivity contribution in [3.63, 3.8) is 0 Å². The van der Waals surface area contributed by atoms with Crippen LogP contribution in [0.1, 0.15) is 0 Å². The molecule has 0 heterocycles. The number of hydrogen-bond donors (Lipinski definition) is 0. The van der Waals surface area contributed by atoms with E-state index in [1.54, 1.807) is 0 Å². The van der Waals surface area contributed by atoms with Gasteiger partial charge in [0, 0.05) is 0 Å². The Morgan fingerprint density at radius 3 is 0.240 bits per heavy atom. The summed E-state index contributed by atoms with van der Waals surface area (Å²) in [4.78, 5) is 0. The predicted molar refractivity (Wildman–Crippen MR) is 94.5 cm³/mol. The number of halogens is 18. The Hall–Kier alpha value is 0.668. The van der Waals surface area contributed by atoms with Gasteiger partial charge >= 0.3 is 107 Å². The molecular formula is C6F18O18S6Tm2. The second-order valence-corrected chi connectivity index (χ2v) is 13.6. The molecule has 0 saturated carbocycles. The fraction of sp³-hybridized carbons (Fsp3) is 1.00. The fourth-order valence-corrected chi connectivity index (χ4v) is 0. The van der Waals surface area contributed by atoms with Crippen LogP contribution < -0.4 is 0 Å². The summed E-state index contributed by atoms with van der Waals surface area (Å²) in [5.74, 6) is 0. The van der Waals surface area contributed by atoms with Crippen molar-refractivity contribution in [2.75, 3.05) is 0 Å². The van der Waals surface area contributed by atoms with Crippen LogP contribution >= 0.6 is 0 Å². The van der Waals surface area contributed by atoms with Crippen LogP contribution in [0.2, 0.25) is 0 Å². The molecule has 320 valence electrons. The van der Waals surface area contributed by atoms with Crippen molar-refractivity contribution in [3.05, 3.63) is 0 Å². The standard InChI is InChI=1S/6CHF3O3S.2Tm/c6*2-1(3,4)8(5,6)7;;/h6*(H,5,6,7);;/q;;;;;;2*+3/p-6. The molecule has 0 aliphatic rings. The van der Waals surface area contributed by atoms with E-state index in [4.69, 9.17) is 77.8 Å². The van der Waals surface area contributed by atoms with Crippen LogP contribution in [0, 0.1) is 73.7 Å². The van der Waals surface area contributed by atoms with Gasteiger partial charge in [-0.15, -0.1) is 0 Å². The maximum absolute atomic E-state index is 10.7. The van der Waals surface area contributed by atoms with E-state index in [2.05, 4.69) is 0 Å². The molecule has 0 aromatic carbocycles. The first-order chi connectivity index (χ1) is 19.5. The van der Waals surface area contributed by atoms with Gasteiger partial charge in [0.2, 0.25) is 0 Å². The number of rotatable bonds is 0. The summed E-state index contributed by atoms with van der Waals surface area (Å²) in [6.45, 7) is 0. The Bertz CT molecular complexity index is 1320. The SMILES string of the molecule is O=S(=O)([O-])C(F)(F)F.O=S(=O)([O-])C(F)(F)F.O=S(=O)([O-])C(F)(F)F.O=S(=O)([O-])C(F)(F)F.O=S(=O)([O-])C(F)(F)F.O=S(=O)([O-])C(F)(F)F.[Tm+3].[Tm+3]. The summed E-state index contributed by atoms with van der Waals surface area (Å²) < 4.78 is 353. The average molecular weight is 1230 g/mol. The van der Waals surface area contributed by atoms with Crippen LogP contribution in [0.15, 0.2) is 0 Å². The maximum atomic E-state index is 10.7. The first-order valence-electron chi connectivity index (χ1n) is 7.63. The minimum absolute atomic E-state index is 0. The van der Waals surface area contributed by atoms with Gasteiger partial charge in [-0.3, -0.25) is 0 Å². The third-order valence-corrected chi connectivity index (χ3v) is 5.10. The van der Waals surface area contributed by atoms with Gasteiger partial charge < -0.3 is 27.3 Å². The Balaban J connectivity index is -0.0000000700. The van der Waals surface area contributed by atoms with Crippen LogP contribution in [0.5, 0.6) is 0 Å². The smallest absolute Gasteiger partial charge is 0.741 e. The van der Waals surface area contributed by atoms with Crippen LogP contribution in [0.25, 0.3) is 0 Å². The summed E-state index contributed by atoms with van der Waals surface area (Å²) in [5.41, 5.74) is -33.9. The van der Waals surface area contributed by atoms with Crippen molar-refractivity contribution in [1.29, 1.82) is 0 Å². The molecule has 44 heteroatoms. The maximum Gasteiger partial charge on any atom is 3.00 e. The molecule has 0 fully saturated rings. The van der Waals surface area contributed by atoms with Crippen molar-refractivity contribution < 1.29 is 231 Å². The summed E-state index contributed by atoms with van der Waals surface area (Å²) >= 11 is 0. The molecule has 0 spiro atoms. The Kier molecular flexibility index (Phi) is 30.6. The number of alkyl halides is 18. The van der Waals surface area contributed by atoms with E-state index < -0.39 is 93.8 Å². The molecule has 0 aromatic heterocycles. The third kappa shape index (κ3) is 37.0. The molecule has 0 radical (unpaired) electrons. The molecule has 0 aliphatic carbocycles. The molecule has 0 atom stereocenters. The van der Waals surface area contributed by atoms with Gasteiger partial charge in [-0.1, -0.05) is 0 Å². The van der Waals surface area contributed by atoms with Gasteiger partial charge in [0.1, 0.15) is 0 Å². The van der Waals surface area contributed by atoms with Crippen LogP contribution in [-0.2, 0) is 60.7 Å². The monoisotopic (exact) mass is 1230 g/mol.